The zero-order chi connectivity index (χ0) is 14.4. The minimum atomic E-state index is -2.15. The summed E-state index contributed by atoms with van der Waals surface area (Å²) >= 11 is 0. The standard InChI is InChI=1S/C14H17FO4/c1-4-18-11-6-10(7-12(8-11)19-5-2)14(17)13(15)9(3)16/h6-8,13H,4-5H2,1-3H3. The monoisotopic (exact) mass is 268 g/mol. The van der Waals surface area contributed by atoms with Gasteiger partial charge in [0.05, 0.1) is 13.2 Å². The molecule has 1 aromatic carbocycles. The Kier molecular flexibility index (Phi) is 5.48. The summed E-state index contributed by atoms with van der Waals surface area (Å²) < 4.78 is 24.0. The second-order valence-electron chi connectivity index (χ2n) is 3.90. The lowest BCUT2D eigenvalue weighted by molar-refractivity contribution is -0.120. The second kappa shape index (κ2) is 6.87. The second-order valence-corrected chi connectivity index (χ2v) is 3.90. The van der Waals surface area contributed by atoms with E-state index in [0.717, 1.165) is 6.92 Å². The highest BCUT2D eigenvalue weighted by atomic mass is 19.1. The third-order valence-electron chi connectivity index (χ3n) is 2.37. The lowest BCUT2D eigenvalue weighted by atomic mass is 10.0. The van der Waals surface area contributed by atoms with Crippen molar-refractivity contribution in [1.82, 2.24) is 0 Å². The van der Waals surface area contributed by atoms with Gasteiger partial charge in [0.25, 0.3) is 0 Å². The van der Waals surface area contributed by atoms with E-state index in [9.17, 15) is 14.0 Å². The van der Waals surface area contributed by atoms with Gasteiger partial charge in [-0.3, -0.25) is 9.59 Å². The predicted molar refractivity (Wildman–Crippen MR) is 68.7 cm³/mol. The van der Waals surface area contributed by atoms with Crippen LogP contribution in [-0.4, -0.2) is 31.0 Å². The van der Waals surface area contributed by atoms with Crippen molar-refractivity contribution >= 4 is 11.6 Å². The molecule has 0 aliphatic heterocycles. The number of rotatable bonds is 7. The molecule has 19 heavy (non-hydrogen) atoms. The van der Waals surface area contributed by atoms with Gasteiger partial charge in [0.2, 0.25) is 12.0 Å². The minimum Gasteiger partial charge on any atom is -0.494 e. The first-order chi connectivity index (χ1) is 8.99. The molecule has 0 saturated heterocycles. The Balaban J connectivity index is 3.11. The molecule has 4 nitrogen and oxygen atoms in total. The molecule has 1 unspecified atom stereocenters. The average Bonchev–Trinajstić information content (AvgIpc) is 2.37. The third kappa shape index (κ3) is 4.05. The Hall–Kier alpha value is -1.91. The molecule has 104 valence electrons. The van der Waals surface area contributed by atoms with Crippen LogP contribution in [-0.2, 0) is 4.79 Å². The summed E-state index contributed by atoms with van der Waals surface area (Å²) in [5, 5.41) is 0. The Morgan fingerprint density at radius 1 is 1.11 bits per heavy atom. The van der Waals surface area contributed by atoms with Crippen molar-refractivity contribution in [3.8, 4) is 11.5 Å². The van der Waals surface area contributed by atoms with E-state index in [2.05, 4.69) is 0 Å². The highest BCUT2D eigenvalue weighted by Gasteiger charge is 2.24. The number of hydrogen-bond donors (Lipinski definition) is 0. The van der Waals surface area contributed by atoms with Gasteiger partial charge in [-0.2, -0.15) is 0 Å². The van der Waals surface area contributed by atoms with Crippen LogP contribution in [0, 0.1) is 0 Å². The molecule has 0 bridgehead atoms. The summed E-state index contributed by atoms with van der Waals surface area (Å²) in [6.45, 7) is 5.45. The lowest BCUT2D eigenvalue weighted by Gasteiger charge is -2.11. The molecular formula is C14H17FO4. The van der Waals surface area contributed by atoms with Crippen molar-refractivity contribution in [2.45, 2.75) is 26.9 Å². The SMILES string of the molecule is CCOc1cc(OCC)cc(C(=O)C(F)C(C)=O)c1. The van der Waals surface area contributed by atoms with E-state index in [4.69, 9.17) is 9.47 Å². The molecular weight excluding hydrogens is 251 g/mol. The fraction of sp³-hybridized carbons (Fsp3) is 0.429. The fourth-order valence-electron chi connectivity index (χ4n) is 1.54. The molecule has 0 aliphatic carbocycles. The summed E-state index contributed by atoms with van der Waals surface area (Å²) in [7, 11) is 0. The van der Waals surface area contributed by atoms with Crippen molar-refractivity contribution < 1.29 is 23.5 Å². The number of alkyl halides is 1. The van der Waals surface area contributed by atoms with Crippen molar-refractivity contribution in [2.75, 3.05) is 13.2 Å². The maximum Gasteiger partial charge on any atom is 0.220 e. The molecule has 0 spiro atoms. The van der Waals surface area contributed by atoms with Crippen molar-refractivity contribution in [1.29, 1.82) is 0 Å². The zero-order valence-corrected chi connectivity index (χ0v) is 11.2. The first-order valence-corrected chi connectivity index (χ1v) is 6.09. The maximum atomic E-state index is 13.5. The molecule has 1 rings (SSSR count). The number of hydrogen-bond acceptors (Lipinski definition) is 4. The highest BCUT2D eigenvalue weighted by Crippen LogP contribution is 2.24. The normalized spacial score (nSPS) is 11.8. The van der Waals surface area contributed by atoms with Crippen LogP contribution in [0.2, 0.25) is 0 Å². The summed E-state index contributed by atoms with van der Waals surface area (Å²) in [6.07, 6.45) is -2.15. The van der Waals surface area contributed by atoms with Gasteiger partial charge in [0.15, 0.2) is 5.78 Å². The minimum absolute atomic E-state index is 0.0668. The van der Waals surface area contributed by atoms with Crippen LogP contribution < -0.4 is 9.47 Å². The quantitative estimate of drug-likeness (QED) is 0.563. The molecule has 0 N–H and O–H groups in total. The van der Waals surface area contributed by atoms with E-state index in [-0.39, 0.29) is 5.56 Å². The molecule has 0 fully saturated rings. The largest absolute Gasteiger partial charge is 0.494 e. The summed E-state index contributed by atoms with van der Waals surface area (Å²) in [5.74, 6) is -0.875. The van der Waals surface area contributed by atoms with E-state index in [1.165, 1.54) is 12.1 Å². The van der Waals surface area contributed by atoms with E-state index in [1.807, 2.05) is 0 Å². The number of carbonyl (C=O) groups excluding carboxylic acids is 2. The maximum absolute atomic E-state index is 13.5. The zero-order valence-electron chi connectivity index (χ0n) is 11.2. The number of benzene rings is 1. The van der Waals surface area contributed by atoms with Gasteiger partial charge in [0.1, 0.15) is 11.5 Å². The lowest BCUT2D eigenvalue weighted by Crippen LogP contribution is -2.23. The van der Waals surface area contributed by atoms with Gasteiger partial charge in [-0.05, 0) is 32.9 Å². The van der Waals surface area contributed by atoms with Crippen molar-refractivity contribution in [2.24, 2.45) is 0 Å². The molecule has 0 aromatic heterocycles. The number of ketones is 2. The van der Waals surface area contributed by atoms with Crippen LogP contribution >= 0.6 is 0 Å². The van der Waals surface area contributed by atoms with Gasteiger partial charge < -0.3 is 9.47 Å². The topological polar surface area (TPSA) is 52.6 Å². The molecule has 0 heterocycles. The van der Waals surface area contributed by atoms with E-state index in [0.29, 0.717) is 24.7 Å². The first kappa shape index (κ1) is 15.1. The Labute approximate surface area is 111 Å². The number of carbonyl (C=O) groups is 2. The van der Waals surface area contributed by atoms with Crippen LogP contribution in [0.3, 0.4) is 0 Å². The Morgan fingerprint density at radius 2 is 1.58 bits per heavy atom. The smallest absolute Gasteiger partial charge is 0.220 e. The molecule has 0 aliphatic rings. The van der Waals surface area contributed by atoms with E-state index in [1.54, 1.807) is 19.9 Å². The third-order valence-corrected chi connectivity index (χ3v) is 2.37. The Bertz CT molecular complexity index is 446. The van der Waals surface area contributed by atoms with E-state index < -0.39 is 17.7 Å². The molecule has 0 saturated carbocycles. The van der Waals surface area contributed by atoms with Gasteiger partial charge in [-0.25, -0.2) is 4.39 Å². The van der Waals surface area contributed by atoms with Crippen molar-refractivity contribution in [3.05, 3.63) is 23.8 Å². The first-order valence-electron chi connectivity index (χ1n) is 6.09. The summed E-state index contributed by atoms with van der Waals surface area (Å²) in [6, 6.07) is 4.43. The molecule has 1 aromatic rings. The Morgan fingerprint density at radius 3 is 1.95 bits per heavy atom. The summed E-state index contributed by atoms with van der Waals surface area (Å²) in [4.78, 5) is 22.7. The average molecular weight is 268 g/mol. The van der Waals surface area contributed by atoms with Gasteiger partial charge >= 0.3 is 0 Å². The van der Waals surface area contributed by atoms with Gasteiger partial charge in [0, 0.05) is 11.6 Å². The van der Waals surface area contributed by atoms with Crippen LogP contribution in [0.15, 0.2) is 18.2 Å². The highest BCUT2D eigenvalue weighted by molar-refractivity contribution is 6.12. The van der Waals surface area contributed by atoms with Crippen LogP contribution in [0.25, 0.3) is 0 Å². The number of Topliss-reactive ketones (excluding diaryl/α,β-unsaturated/α-hetero) is 2. The van der Waals surface area contributed by atoms with Crippen molar-refractivity contribution in [3.63, 3.8) is 0 Å². The van der Waals surface area contributed by atoms with Crippen LogP contribution in [0.1, 0.15) is 31.1 Å². The van der Waals surface area contributed by atoms with E-state index >= 15 is 0 Å². The van der Waals surface area contributed by atoms with Crippen LogP contribution in [0.4, 0.5) is 4.39 Å². The summed E-state index contributed by atoms with van der Waals surface area (Å²) in [5.41, 5.74) is 0.0668. The number of halogens is 1. The fourth-order valence-corrected chi connectivity index (χ4v) is 1.54. The van der Waals surface area contributed by atoms with Gasteiger partial charge in [-0.1, -0.05) is 0 Å². The molecule has 0 radical (unpaired) electrons. The molecule has 1 atom stereocenters. The van der Waals surface area contributed by atoms with Gasteiger partial charge in [-0.15, -0.1) is 0 Å². The van der Waals surface area contributed by atoms with Crippen LogP contribution in [0.5, 0.6) is 11.5 Å². The molecule has 5 heteroatoms. The predicted octanol–water partition coefficient (Wildman–Crippen LogP) is 2.59. The number of ether oxygens (including phenoxy) is 2. The molecule has 0 amide bonds.